The molecular formula is C127H107NO17. The number of carbonyl (C=O) groups excluding carboxylic acids is 9. The molecule has 0 aliphatic heterocycles. The molecule has 17 aromatic carbocycles. The molecule has 18 nitrogen and oxygen atoms in total. The van der Waals surface area contributed by atoms with Crippen molar-refractivity contribution in [2.24, 2.45) is 0 Å². The minimum atomic E-state index is -0.151. The molecule has 18 rings (SSSR count). The molecule has 0 saturated heterocycles. The highest BCUT2D eigenvalue weighted by molar-refractivity contribution is 6.15. The van der Waals surface area contributed by atoms with Gasteiger partial charge in [-0.25, -0.2) is 0 Å². The minimum Gasteiger partial charge on any atom is -0.497 e. The molecule has 0 unspecified atom stereocenters. The van der Waals surface area contributed by atoms with E-state index in [1.54, 1.807) is 290 Å². The average Bonchev–Trinajstić information content (AvgIpc) is 1.40. The summed E-state index contributed by atoms with van der Waals surface area (Å²) in [6, 6.07) is 125. The van der Waals surface area contributed by atoms with Crippen LogP contribution in [0.25, 0.3) is 0 Å². The van der Waals surface area contributed by atoms with Gasteiger partial charge in [-0.3, -0.25) is 43.2 Å². The van der Waals surface area contributed by atoms with Crippen LogP contribution in [-0.4, -0.2) is 92.6 Å². The van der Waals surface area contributed by atoms with Gasteiger partial charge in [-0.05, 0) is 279 Å². The molecule has 0 aliphatic carbocycles. The van der Waals surface area contributed by atoms with Crippen molar-refractivity contribution in [3.63, 3.8) is 0 Å². The number of ether oxygens (including phenoxy) is 8. The van der Waals surface area contributed by atoms with Gasteiger partial charge in [0.15, 0.2) is 52.0 Å². The van der Waals surface area contributed by atoms with Gasteiger partial charge in [0.25, 0.3) is 0 Å². The topological polar surface area (TPSA) is 243 Å². The summed E-state index contributed by atoms with van der Waals surface area (Å²) in [5, 5.41) is 0. The average molecular weight is 1920 g/mol. The van der Waals surface area contributed by atoms with Crippen LogP contribution in [0.5, 0.6) is 63.2 Å². The van der Waals surface area contributed by atoms with E-state index in [9.17, 15) is 43.2 Å². The van der Waals surface area contributed by atoms with Crippen LogP contribution in [0.3, 0.4) is 0 Å². The number of aromatic amines is 1. The third-order valence-corrected chi connectivity index (χ3v) is 23.1. The number of hydrogen-bond acceptors (Lipinski definition) is 17. The number of benzene rings is 17. The van der Waals surface area contributed by atoms with Crippen molar-refractivity contribution in [1.82, 2.24) is 4.98 Å². The van der Waals surface area contributed by atoms with E-state index >= 15 is 0 Å². The summed E-state index contributed by atoms with van der Waals surface area (Å²) >= 11 is 0. The number of aromatic nitrogens is 1. The molecule has 0 aliphatic rings. The van der Waals surface area contributed by atoms with Gasteiger partial charge in [-0.1, -0.05) is 222 Å². The quantitative estimate of drug-likeness (QED) is 0.0428. The molecular weight excluding hydrogens is 1810 g/mol. The van der Waals surface area contributed by atoms with Crippen LogP contribution >= 0.6 is 0 Å². The molecule has 0 radical (unpaired) electrons. The zero-order valence-corrected chi connectivity index (χ0v) is 82.4. The standard InChI is InChI=1S/C35H26O5.C28H22O4.C22H18O3.C21H18O3.C15H14O2.C6H9N/c1-23-3-5-24(6-4-23)33(36)25-7-9-26(10-8-25)34(37)28-13-19-31(20-14-28)40-32-21-15-29(16-22-32)35(38)27-11-17-30(39-2)18-12-27;1-19-3-5-20(6-4-19)27(29)21-7-9-22(10-8-21)28(30)23-11-13-25(14-12-23)32-26-17-15-24(31-2)16-18-26;1-15-3-5-16(6-4-15)21(23)17-7-9-18(10-8-17)22(24)19-11-13-20(25-2)14-12-19;1-15-3-5-16(6-4-15)21(22)17-7-9-19(10-8-17)24-20-13-11-18(23-2)12-14-20;1-11-3-5-12(6-4-11)15(16)13-7-9-14(17-2)10-8-13;1-5-3-4-6(2)7-5/h3-22H,1-2H3;3-18H,1-2H3;3-14H,1-2H3;3-14H,1-2H3;3-10H,1-2H3;3-4,7H,1-2H3. The van der Waals surface area contributed by atoms with Crippen molar-refractivity contribution in [3.8, 4) is 63.2 Å². The van der Waals surface area contributed by atoms with E-state index in [2.05, 4.69) is 17.1 Å². The summed E-state index contributed by atoms with van der Waals surface area (Å²) < 4.78 is 43.0. The van der Waals surface area contributed by atoms with Crippen molar-refractivity contribution in [2.75, 3.05) is 35.5 Å². The first-order chi connectivity index (χ1) is 70.2. The second-order valence-corrected chi connectivity index (χ2v) is 33.8. The normalized spacial score (nSPS) is 10.3. The summed E-state index contributed by atoms with van der Waals surface area (Å²) in [6.07, 6.45) is 0. The smallest absolute Gasteiger partial charge is 0.193 e. The molecule has 0 amide bonds. The Labute approximate surface area is 844 Å². The van der Waals surface area contributed by atoms with Gasteiger partial charge >= 0.3 is 0 Å². The van der Waals surface area contributed by atoms with E-state index in [1.807, 2.05) is 206 Å². The predicted molar refractivity (Wildman–Crippen MR) is 567 cm³/mol. The van der Waals surface area contributed by atoms with Crippen LogP contribution in [-0.2, 0) is 0 Å². The Kier molecular flexibility index (Phi) is 36.4. The molecule has 0 bridgehead atoms. The molecule has 1 aromatic heterocycles. The number of carbonyl (C=O) groups is 9. The Balaban J connectivity index is 0.000000153. The fourth-order valence-corrected chi connectivity index (χ4v) is 14.6. The number of methoxy groups -OCH3 is 5. The molecule has 0 atom stereocenters. The molecule has 0 saturated carbocycles. The van der Waals surface area contributed by atoms with Crippen LogP contribution in [0, 0.1) is 48.5 Å². The van der Waals surface area contributed by atoms with Gasteiger partial charge in [0.05, 0.1) is 35.5 Å². The largest absolute Gasteiger partial charge is 0.497 e. The first-order valence-electron chi connectivity index (χ1n) is 46.5. The fourth-order valence-electron chi connectivity index (χ4n) is 14.6. The van der Waals surface area contributed by atoms with Crippen molar-refractivity contribution >= 4 is 52.0 Å². The maximum absolute atomic E-state index is 13.0. The Morgan fingerprint density at radius 1 is 0.131 bits per heavy atom. The summed E-state index contributed by atoms with van der Waals surface area (Å²) in [5.74, 6) is 6.91. The lowest BCUT2D eigenvalue weighted by Gasteiger charge is -2.08. The first-order valence-corrected chi connectivity index (χ1v) is 46.5. The van der Waals surface area contributed by atoms with Gasteiger partial charge in [-0.15, -0.1) is 0 Å². The SMILES string of the molecule is COc1ccc(C(=O)c2ccc(C(=O)c3ccc(C)cc3)cc2)cc1.COc1ccc(C(=O)c2ccc(C)cc2)cc1.COc1ccc(C(=O)c2ccc(Oc3ccc(C(=O)c4ccc(C(=O)c5ccc(C)cc5)cc4)cc3)cc2)cc1.COc1ccc(Oc2ccc(C(=O)c3ccc(C(=O)c4ccc(C)cc4)cc3)cc2)cc1.COc1ccc(Oc2ccc(C(=O)c3ccc(C)cc3)cc2)cc1.Cc1ccc(C)[nH]1. The van der Waals surface area contributed by atoms with E-state index < -0.39 is 0 Å². The van der Waals surface area contributed by atoms with Crippen LogP contribution in [0.15, 0.2) is 425 Å². The summed E-state index contributed by atoms with van der Waals surface area (Å²) in [6.45, 7) is 14.0. The highest BCUT2D eigenvalue weighted by atomic mass is 16.5. The van der Waals surface area contributed by atoms with Gasteiger partial charge in [0, 0.05) is 112 Å². The first kappa shape index (κ1) is 104. The Bertz CT molecular complexity index is 7400. The molecule has 0 spiro atoms. The van der Waals surface area contributed by atoms with Crippen LogP contribution in [0.2, 0.25) is 0 Å². The van der Waals surface area contributed by atoms with Crippen molar-refractivity contribution in [1.29, 1.82) is 0 Å². The summed E-state index contributed by atoms with van der Waals surface area (Å²) in [4.78, 5) is 117. The van der Waals surface area contributed by atoms with Crippen molar-refractivity contribution in [3.05, 3.63) is 564 Å². The van der Waals surface area contributed by atoms with Crippen LogP contribution in [0.1, 0.15) is 182 Å². The molecule has 18 heteroatoms. The highest BCUT2D eigenvalue weighted by Crippen LogP contribution is 2.31. The molecule has 0 fully saturated rings. The number of ketones is 9. The number of aryl methyl sites for hydroxylation is 7. The Hall–Kier alpha value is -18.6. The third-order valence-electron chi connectivity index (χ3n) is 23.1. The van der Waals surface area contributed by atoms with E-state index in [0.717, 1.165) is 45.1 Å². The maximum atomic E-state index is 13.0. The van der Waals surface area contributed by atoms with Gasteiger partial charge in [0.1, 0.15) is 63.2 Å². The van der Waals surface area contributed by atoms with Gasteiger partial charge in [-0.2, -0.15) is 0 Å². The Morgan fingerprint density at radius 3 is 0.324 bits per heavy atom. The summed E-state index contributed by atoms with van der Waals surface area (Å²) in [7, 11) is 8.01. The zero-order chi connectivity index (χ0) is 103. The third kappa shape index (κ3) is 29.5. The van der Waals surface area contributed by atoms with Crippen molar-refractivity contribution < 1.29 is 81.0 Å². The zero-order valence-electron chi connectivity index (χ0n) is 82.4. The molecule has 1 heterocycles. The van der Waals surface area contributed by atoms with Crippen LogP contribution < -0.4 is 37.9 Å². The summed E-state index contributed by atoms with van der Waals surface area (Å²) in [5.41, 5.74) is 18.6. The fraction of sp³-hybridized carbons (Fsp3) is 0.0945. The second-order valence-electron chi connectivity index (χ2n) is 33.8. The predicted octanol–water partition coefficient (Wildman–Crippen LogP) is 28.1. The van der Waals surface area contributed by atoms with E-state index in [1.165, 1.54) is 11.4 Å². The van der Waals surface area contributed by atoms with Gasteiger partial charge < -0.3 is 42.9 Å². The van der Waals surface area contributed by atoms with Gasteiger partial charge in [0.2, 0.25) is 0 Å². The maximum Gasteiger partial charge on any atom is 0.193 e. The molecule has 145 heavy (non-hydrogen) atoms. The Morgan fingerprint density at radius 2 is 0.221 bits per heavy atom. The second kappa shape index (κ2) is 50.9. The monoisotopic (exact) mass is 1920 g/mol. The lowest BCUT2D eigenvalue weighted by molar-refractivity contribution is 0.102. The highest BCUT2D eigenvalue weighted by Gasteiger charge is 2.20. The minimum absolute atomic E-state index is 0.00555. The van der Waals surface area contributed by atoms with E-state index in [0.29, 0.717) is 146 Å². The number of rotatable bonds is 29. The molecule has 1 N–H and O–H groups in total. The molecule has 18 aromatic rings. The van der Waals surface area contributed by atoms with Crippen molar-refractivity contribution in [2.45, 2.75) is 48.5 Å². The number of H-pyrrole nitrogens is 1. The lowest BCUT2D eigenvalue weighted by Crippen LogP contribution is -2.04. The van der Waals surface area contributed by atoms with E-state index in [-0.39, 0.29) is 52.0 Å². The van der Waals surface area contributed by atoms with Crippen LogP contribution in [0.4, 0.5) is 0 Å². The van der Waals surface area contributed by atoms with E-state index in [4.69, 9.17) is 37.9 Å². The number of hydrogen-bond donors (Lipinski definition) is 1. The lowest BCUT2D eigenvalue weighted by atomic mass is 9.98. The number of nitrogens with one attached hydrogen (secondary N) is 1. The molecule has 722 valence electrons.